The van der Waals surface area contributed by atoms with Gasteiger partial charge in [0.1, 0.15) is 5.41 Å². The minimum atomic E-state index is -0.423. The van der Waals surface area contributed by atoms with E-state index in [1.165, 1.54) is 20.1 Å². The number of nitrogens with zero attached hydrogens (tertiary/aromatic N) is 2. The summed E-state index contributed by atoms with van der Waals surface area (Å²) in [6, 6.07) is 0. The Balaban J connectivity index is 1.82. The number of rotatable bonds is 5. The second-order valence-electron chi connectivity index (χ2n) is 5.88. The van der Waals surface area contributed by atoms with Gasteiger partial charge in [0, 0.05) is 19.6 Å². The van der Waals surface area contributed by atoms with Crippen LogP contribution in [0.4, 0.5) is 0 Å². The van der Waals surface area contributed by atoms with E-state index in [1.807, 2.05) is 0 Å². The Labute approximate surface area is 109 Å². The van der Waals surface area contributed by atoms with Crippen molar-refractivity contribution in [2.45, 2.75) is 6.42 Å². The van der Waals surface area contributed by atoms with Crippen molar-refractivity contribution in [3.05, 3.63) is 0 Å². The summed E-state index contributed by atoms with van der Waals surface area (Å²) < 4.78 is 10.1. The molecule has 5 heteroatoms. The topological polar surface area (TPSA) is 42.0 Å². The van der Waals surface area contributed by atoms with Crippen LogP contribution in [-0.4, -0.2) is 76.4 Å². The summed E-state index contributed by atoms with van der Waals surface area (Å²) in [5, 5.41) is 0. The molecule has 0 saturated carbocycles. The predicted octanol–water partition coefficient (Wildman–Crippen LogP) is 0.0595. The summed E-state index contributed by atoms with van der Waals surface area (Å²) in [4.78, 5) is 16.4. The maximum absolute atomic E-state index is 11.8. The minimum Gasteiger partial charge on any atom is -0.468 e. The maximum Gasteiger partial charge on any atom is 0.317 e. The molecule has 0 radical (unpaired) electrons. The Morgan fingerprint density at radius 1 is 1.56 bits per heavy atom. The van der Waals surface area contributed by atoms with Crippen LogP contribution in [0.3, 0.4) is 0 Å². The van der Waals surface area contributed by atoms with Crippen LogP contribution >= 0.6 is 0 Å². The Morgan fingerprint density at radius 3 is 2.72 bits per heavy atom. The van der Waals surface area contributed by atoms with Gasteiger partial charge in [-0.05, 0) is 33.0 Å². The molecule has 0 spiro atoms. The summed E-state index contributed by atoms with van der Waals surface area (Å²) >= 11 is 0. The first-order valence-electron chi connectivity index (χ1n) is 6.59. The van der Waals surface area contributed by atoms with Crippen LogP contribution in [-0.2, 0) is 14.3 Å². The van der Waals surface area contributed by atoms with Gasteiger partial charge in [0.2, 0.25) is 0 Å². The molecule has 0 bridgehead atoms. The molecule has 5 nitrogen and oxygen atoms in total. The lowest BCUT2D eigenvalue weighted by atomic mass is 9.85. The number of esters is 1. The molecule has 2 saturated heterocycles. The fraction of sp³-hybridized carbons (Fsp3) is 0.923. The number of methoxy groups -OCH3 is 1. The molecule has 0 N–H and O–H groups in total. The van der Waals surface area contributed by atoms with Gasteiger partial charge in [-0.3, -0.25) is 4.79 Å². The first kappa shape index (κ1) is 13.8. The van der Waals surface area contributed by atoms with Crippen molar-refractivity contribution in [1.82, 2.24) is 9.80 Å². The molecule has 18 heavy (non-hydrogen) atoms. The van der Waals surface area contributed by atoms with Crippen molar-refractivity contribution in [2.75, 3.05) is 60.6 Å². The normalized spacial score (nSPS) is 27.2. The van der Waals surface area contributed by atoms with Crippen molar-refractivity contribution < 1.29 is 14.3 Å². The fourth-order valence-corrected chi connectivity index (χ4v) is 3.04. The lowest BCUT2D eigenvalue weighted by Gasteiger charge is -2.41. The highest BCUT2D eigenvalue weighted by Gasteiger charge is 2.48. The molecule has 104 valence electrons. The van der Waals surface area contributed by atoms with Gasteiger partial charge in [-0.2, -0.15) is 0 Å². The third kappa shape index (κ3) is 2.84. The molecule has 2 rings (SSSR count). The molecule has 1 unspecified atom stereocenters. The van der Waals surface area contributed by atoms with Crippen LogP contribution in [0.15, 0.2) is 0 Å². The van der Waals surface area contributed by atoms with Crippen molar-refractivity contribution >= 4 is 5.97 Å². The summed E-state index contributed by atoms with van der Waals surface area (Å²) in [6.07, 6.45) is 1.25. The van der Waals surface area contributed by atoms with E-state index < -0.39 is 5.41 Å². The van der Waals surface area contributed by atoms with E-state index >= 15 is 0 Å². The van der Waals surface area contributed by atoms with Gasteiger partial charge in [-0.25, -0.2) is 0 Å². The molecule has 2 heterocycles. The predicted molar refractivity (Wildman–Crippen MR) is 68.4 cm³/mol. The highest BCUT2D eigenvalue weighted by molar-refractivity contribution is 5.78. The Bertz CT molecular complexity index is 305. The van der Waals surface area contributed by atoms with Gasteiger partial charge in [0.15, 0.2) is 0 Å². The zero-order chi connectivity index (χ0) is 13.2. The highest BCUT2D eigenvalue weighted by atomic mass is 16.5. The van der Waals surface area contributed by atoms with Crippen LogP contribution in [0.2, 0.25) is 0 Å². The van der Waals surface area contributed by atoms with E-state index in [1.54, 1.807) is 0 Å². The van der Waals surface area contributed by atoms with Crippen molar-refractivity contribution in [2.24, 2.45) is 11.3 Å². The molecule has 0 aromatic heterocycles. The maximum atomic E-state index is 11.8. The van der Waals surface area contributed by atoms with Crippen LogP contribution in [0.5, 0.6) is 0 Å². The fourth-order valence-electron chi connectivity index (χ4n) is 3.04. The van der Waals surface area contributed by atoms with Crippen LogP contribution in [0.1, 0.15) is 6.42 Å². The van der Waals surface area contributed by atoms with Gasteiger partial charge >= 0.3 is 5.97 Å². The molecule has 0 amide bonds. The van der Waals surface area contributed by atoms with Crippen LogP contribution in [0.25, 0.3) is 0 Å². The van der Waals surface area contributed by atoms with Crippen LogP contribution < -0.4 is 0 Å². The van der Waals surface area contributed by atoms with E-state index in [4.69, 9.17) is 9.47 Å². The smallest absolute Gasteiger partial charge is 0.317 e. The van der Waals surface area contributed by atoms with E-state index in [2.05, 4.69) is 23.9 Å². The Hall–Kier alpha value is -0.650. The van der Waals surface area contributed by atoms with Gasteiger partial charge in [-0.15, -0.1) is 0 Å². The Kier molecular flexibility index (Phi) is 4.25. The van der Waals surface area contributed by atoms with Gasteiger partial charge < -0.3 is 19.3 Å². The Morgan fingerprint density at radius 2 is 2.28 bits per heavy atom. The van der Waals surface area contributed by atoms with E-state index in [-0.39, 0.29) is 5.97 Å². The SMILES string of the molecule is COC(=O)C1(CN(C)CC2CCN(C)C2)COC1. The highest BCUT2D eigenvalue weighted by Crippen LogP contribution is 2.30. The molecule has 1 atom stereocenters. The second-order valence-corrected chi connectivity index (χ2v) is 5.88. The molecule has 0 aromatic carbocycles. The number of carbonyl (C=O) groups is 1. The monoisotopic (exact) mass is 256 g/mol. The summed E-state index contributed by atoms with van der Waals surface area (Å²) in [5.41, 5.74) is -0.423. The molecule has 2 aliphatic heterocycles. The average molecular weight is 256 g/mol. The third-order valence-corrected chi connectivity index (χ3v) is 4.01. The van der Waals surface area contributed by atoms with Gasteiger partial charge in [0.05, 0.1) is 20.3 Å². The molecular weight excluding hydrogens is 232 g/mol. The van der Waals surface area contributed by atoms with Gasteiger partial charge in [-0.1, -0.05) is 0 Å². The van der Waals surface area contributed by atoms with Crippen molar-refractivity contribution in [1.29, 1.82) is 0 Å². The first-order chi connectivity index (χ1) is 8.55. The first-order valence-corrected chi connectivity index (χ1v) is 6.59. The number of ether oxygens (including phenoxy) is 2. The molecule has 0 aromatic rings. The number of hydrogen-bond acceptors (Lipinski definition) is 5. The third-order valence-electron chi connectivity index (χ3n) is 4.01. The number of likely N-dealkylation sites (tertiary alicyclic amines) is 1. The number of hydrogen-bond donors (Lipinski definition) is 0. The average Bonchev–Trinajstić information content (AvgIpc) is 2.68. The molecule has 2 fully saturated rings. The van der Waals surface area contributed by atoms with Crippen molar-refractivity contribution in [3.8, 4) is 0 Å². The van der Waals surface area contributed by atoms with Gasteiger partial charge in [0.25, 0.3) is 0 Å². The van der Waals surface area contributed by atoms with Crippen molar-refractivity contribution in [3.63, 3.8) is 0 Å². The summed E-state index contributed by atoms with van der Waals surface area (Å²) in [7, 11) is 5.70. The van der Waals surface area contributed by atoms with E-state index in [0.29, 0.717) is 13.2 Å². The molecule has 2 aliphatic rings. The largest absolute Gasteiger partial charge is 0.468 e. The lowest BCUT2D eigenvalue weighted by molar-refractivity contribution is -0.186. The van der Waals surface area contributed by atoms with Crippen LogP contribution in [0, 0.1) is 11.3 Å². The zero-order valence-electron chi connectivity index (χ0n) is 11.6. The lowest BCUT2D eigenvalue weighted by Crippen LogP contribution is -2.56. The quantitative estimate of drug-likeness (QED) is 0.651. The summed E-state index contributed by atoms with van der Waals surface area (Å²) in [5.74, 6) is 0.583. The molecular formula is C13H24N2O3. The van der Waals surface area contributed by atoms with E-state index in [0.717, 1.165) is 25.6 Å². The minimum absolute atomic E-state index is 0.135. The number of carbonyl (C=O) groups excluding carboxylic acids is 1. The zero-order valence-corrected chi connectivity index (χ0v) is 11.6. The van der Waals surface area contributed by atoms with E-state index in [9.17, 15) is 4.79 Å². The standard InChI is InChI=1S/C13H24N2O3/c1-14-5-4-11(6-14)7-15(2)8-13(9-18-10-13)12(16)17-3/h11H,4-10H2,1-3H3. The second kappa shape index (κ2) is 5.55. The molecule has 0 aliphatic carbocycles. The summed E-state index contributed by atoms with van der Waals surface area (Å²) in [6.45, 7) is 5.11.